The molecule has 0 N–H and O–H groups in total. The lowest BCUT2D eigenvalue weighted by Gasteiger charge is -1.97. The normalized spacial score (nSPS) is 10.6. The third kappa shape index (κ3) is 2.82. The first-order valence-electron chi connectivity index (χ1n) is 7.62. The number of rotatable bonds is 1. The fraction of sp³-hybridized carbons (Fsp3) is 0.100. The highest BCUT2D eigenvalue weighted by atomic mass is 32.1. The smallest absolute Gasteiger partial charge is 0.159 e. The Morgan fingerprint density at radius 2 is 1.83 bits per heavy atom. The van der Waals surface area contributed by atoms with Crippen molar-refractivity contribution in [2.24, 2.45) is 0 Å². The summed E-state index contributed by atoms with van der Waals surface area (Å²) < 4.78 is 1.92. The van der Waals surface area contributed by atoms with Crippen molar-refractivity contribution < 1.29 is 0 Å². The molecule has 1 aromatic carbocycles. The van der Waals surface area contributed by atoms with E-state index in [1.807, 2.05) is 66.9 Å². The molecule has 0 saturated heterocycles. The van der Waals surface area contributed by atoms with Gasteiger partial charge in [0.2, 0.25) is 0 Å². The highest BCUT2D eigenvalue weighted by molar-refractivity contribution is 7.16. The number of hydrogen-bond acceptors (Lipinski definition) is 3. The Kier molecular flexibility index (Phi) is 3.64. The van der Waals surface area contributed by atoms with Crippen molar-refractivity contribution in [3.63, 3.8) is 0 Å². The van der Waals surface area contributed by atoms with Gasteiger partial charge in [0.05, 0.1) is 21.1 Å². The highest BCUT2D eigenvalue weighted by Crippen LogP contribution is 2.27. The lowest BCUT2D eigenvalue weighted by molar-refractivity contribution is 1.02. The summed E-state index contributed by atoms with van der Waals surface area (Å²) in [7, 11) is 0. The van der Waals surface area contributed by atoms with Gasteiger partial charge in [-0.15, -0.1) is 11.3 Å². The molecule has 4 aromatic rings. The third-order valence-corrected chi connectivity index (χ3v) is 4.61. The molecule has 0 atom stereocenters. The summed E-state index contributed by atoms with van der Waals surface area (Å²) in [6.07, 6.45) is 5.26. The maximum Gasteiger partial charge on any atom is 0.159 e. The number of benzene rings is 1. The average molecular weight is 328 g/mol. The summed E-state index contributed by atoms with van der Waals surface area (Å²) in [6.45, 7) is 3.94. The summed E-state index contributed by atoms with van der Waals surface area (Å²) in [5, 5.41) is 0. The molecule has 0 amide bonds. The zero-order chi connectivity index (χ0) is 16.5. The van der Waals surface area contributed by atoms with Crippen molar-refractivity contribution >= 4 is 17.0 Å². The van der Waals surface area contributed by atoms with E-state index in [1.165, 1.54) is 0 Å². The molecule has 0 spiro atoms. The topological polar surface area (TPSA) is 30.2 Å². The molecule has 3 heterocycles. The van der Waals surface area contributed by atoms with Crippen molar-refractivity contribution in [2.45, 2.75) is 13.8 Å². The van der Waals surface area contributed by atoms with Gasteiger partial charge in [-0.25, -0.2) is 4.98 Å². The second-order valence-corrected chi connectivity index (χ2v) is 6.60. The van der Waals surface area contributed by atoms with Crippen LogP contribution in [0.25, 0.3) is 16.2 Å². The molecule has 0 aliphatic heterocycles. The first-order valence-corrected chi connectivity index (χ1v) is 8.43. The number of nitrogens with zero attached hydrogens (tertiary/aromatic N) is 3. The van der Waals surface area contributed by atoms with Gasteiger partial charge in [0.15, 0.2) is 5.65 Å². The number of hydrogen-bond donors (Lipinski definition) is 0. The van der Waals surface area contributed by atoms with Crippen LogP contribution in [0.1, 0.15) is 21.8 Å². The molecule has 3 nitrogen and oxygen atoms in total. The first kappa shape index (κ1) is 14.7. The minimum absolute atomic E-state index is 0.836. The van der Waals surface area contributed by atoms with Crippen LogP contribution in [-0.2, 0) is 0 Å². The van der Waals surface area contributed by atoms with Crippen LogP contribution in [0.15, 0.2) is 48.7 Å². The Balaban J connectivity index is 1.68. The van der Waals surface area contributed by atoms with Crippen LogP contribution in [-0.4, -0.2) is 14.4 Å². The summed E-state index contributed by atoms with van der Waals surface area (Å²) in [5.41, 5.74) is 4.58. The Morgan fingerprint density at radius 3 is 2.67 bits per heavy atom. The lowest BCUT2D eigenvalue weighted by atomic mass is 10.2. The molecule has 1 radical (unpaired) electrons. The number of imidazole rings is 1. The van der Waals surface area contributed by atoms with Gasteiger partial charge < -0.3 is 0 Å². The minimum Gasteiger partial charge on any atom is -0.294 e. The lowest BCUT2D eigenvalue weighted by Crippen LogP contribution is -1.93. The van der Waals surface area contributed by atoms with Crippen molar-refractivity contribution in [1.29, 1.82) is 0 Å². The van der Waals surface area contributed by atoms with E-state index < -0.39 is 0 Å². The monoisotopic (exact) mass is 328 g/mol. The number of aromatic nitrogens is 3. The average Bonchev–Trinajstić information content (AvgIpc) is 3.20. The van der Waals surface area contributed by atoms with Gasteiger partial charge in [-0.05, 0) is 38.1 Å². The van der Waals surface area contributed by atoms with E-state index in [4.69, 9.17) is 0 Å². The van der Waals surface area contributed by atoms with E-state index >= 15 is 0 Å². The van der Waals surface area contributed by atoms with Gasteiger partial charge in [0, 0.05) is 11.8 Å². The summed E-state index contributed by atoms with van der Waals surface area (Å²) in [5.74, 6) is 6.40. The van der Waals surface area contributed by atoms with Crippen LogP contribution in [0.3, 0.4) is 0 Å². The van der Waals surface area contributed by atoms with Gasteiger partial charge in [-0.3, -0.25) is 9.38 Å². The van der Waals surface area contributed by atoms with Crippen molar-refractivity contribution in [3.8, 4) is 22.4 Å². The first-order chi connectivity index (χ1) is 11.7. The van der Waals surface area contributed by atoms with Gasteiger partial charge in [0.25, 0.3) is 0 Å². The molecule has 4 heteroatoms. The molecular weight excluding hydrogens is 314 g/mol. The van der Waals surface area contributed by atoms with Crippen LogP contribution in [0, 0.1) is 31.9 Å². The van der Waals surface area contributed by atoms with Crippen molar-refractivity contribution in [3.05, 3.63) is 76.7 Å². The number of aryl methyl sites for hydroxylation is 2. The Bertz CT molecular complexity index is 1080. The molecule has 0 unspecified atom stereocenters. The van der Waals surface area contributed by atoms with Crippen molar-refractivity contribution in [1.82, 2.24) is 14.4 Å². The highest BCUT2D eigenvalue weighted by Gasteiger charge is 2.10. The zero-order valence-electron chi connectivity index (χ0n) is 13.4. The van der Waals surface area contributed by atoms with Crippen LogP contribution in [0.4, 0.5) is 0 Å². The molecule has 0 bridgehead atoms. The quantitative estimate of drug-likeness (QED) is 0.488. The van der Waals surface area contributed by atoms with Gasteiger partial charge in [-0.1, -0.05) is 30.0 Å². The number of thiophene rings is 1. The van der Waals surface area contributed by atoms with E-state index in [1.54, 1.807) is 11.3 Å². The van der Waals surface area contributed by atoms with Crippen LogP contribution < -0.4 is 0 Å². The van der Waals surface area contributed by atoms with Gasteiger partial charge >= 0.3 is 0 Å². The van der Waals surface area contributed by atoms with Crippen LogP contribution in [0.5, 0.6) is 0 Å². The van der Waals surface area contributed by atoms with Gasteiger partial charge in [0.1, 0.15) is 11.9 Å². The molecule has 0 saturated carbocycles. The SMILES string of the molecule is Cc1cn2[c]c(-c3ccc(C#Cc4ccccc4)s3)nc2c(C)n1. The number of fused-ring (bicyclic) bond motifs is 1. The fourth-order valence-electron chi connectivity index (χ4n) is 2.53. The van der Waals surface area contributed by atoms with E-state index in [9.17, 15) is 0 Å². The van der Waals surface area contributed by atoms with E-state index in [-0.39, 0.29) is 0 Å². The molecule has 4 rings (SSSR count). The largest absolute Gasteiger partial charge is 0.294 e. The van der Waals surface area contributed by atoms with Crippen molar-refractivity contribution in [2.75, 3.05) is 0 Å². The predicted molar refractivity (Wildman–Crippen MR) is 97.0 cm³/mol. The zero-order valence-corrected chi connectivity index (χ0v) is 14.2. The molecule has 115 valence electrons. The van der Waals surface area contributed by atoms with E-state index in [2.05, 4.69) is 28.0 Å². The Labute approximate surface area is 144 Å². The molecule has 0 aliphatic rings. The molecule has 0 fully saturated rings. The second-order valence-electron chi connectivity index (χ2n) is 5.51. The predicted octanol–water partition coefficient (Wildman–Crippen LogP) is 4.27. The standard InChI is InChI=1S/C20H14N3S/c1-14-12-23-13-18(22-20(23)15(2)21-14)19-11-10-17(24-19)9-8-16-6-4-3-5-7-16/h3-7,10-12H,1-2H3. The maximum atomic E-state index is 4.66. The molecule has 24 heavy (non-hydrogen) atoms. The summed E-state index contributed by atoms with van der Waals surface area (Å²) in [6, 6.07) is 14.1. The minimum atomic E-state index is 0.836. The maximum absolute atomic E-state index is 4.66. The molecule has 3 aromatic heterocycles. The molecular formula is C20H14N3S. The summed E-state index contributed by atoms with van der Waals surface area (Å²) >= 11 is 1.63. The Morgan fingerprint density at radius 1 is 1.00 bits per heavy atom. The van der Waals surface area contributed by atoms with E-state index in [0.717, 1.165) is 38.0 Å². The third-order valence-electron chi connectivity index (χ3n) is 3.60. The van der Waals surface area contributed by atoms with Gasteiger partial charge in [-0.2, -0.15) is 0 Å². The van der Waals surface area contributed by atoms with Crippen LogP contribution in [0.2, 0.25) is 0 Å². The second kappa shape index (κ2) is 5.95. The molecule has 0 aliphatic carbocycles. The fourth-order valence-corrected chi connectivity index (χ4v) is 3.33. The van der Waals surface area contributed by atoms with Crippen LogP contribution >= 0.6 is 11.3 Å². The Hall–Kier alpha value is -2.90. The summed E-state index contributed by atoms with van der Waals surface area (Å²) in [4.78, 5) is 11.2. The van der Waals surface area contributed by atoms with E-state index in [0.29, 0.717) is 0 Å².